The Bertz CT molecular complexity index is 810. The van der Waals surface area contributed by atoms with E-state index in [1.165, 1.54) is 11.9 Å². The third-order valence-electron chi connectivity index (χ3n) is 3.45. The molecule has 0 unspecified atom stereocenters. The molecule has 8 heteroatoms. The van der Waals surface area contributed by atoms with Gasteiger partial charge in [0, 0.05) is 17.8 Å². The van der Waals surface area contributed by atoms with Crippen LogP contribution in [0.15, 0.2) is 48.5 Å². The van der Waals surface area contributed by atoms with Gasteiger partial charge in [0.05, 0.1) is 23.7 Å². The summed E-state index contributed by atoms with van der Waals surface area (Å²) in [4.78, 5) is 37.3. The maximum absolute atomic E-state index is 12.1. The molecule has 2 rings (SSSR count). The minimum atomic E-state index is -0.456. The van der Waals surface area contributed by atoms with Gasteiger partial charge in [-0.05, 0) is 36.4 Å². The van der Waals surface area contributed by atoms with Crippen LogP contribution >= 0.6 is 23.2 Å². The van der Waals surface area contributed by atoms with Crippen LogP contribution in [0.25, 0.3) is 0 Å². The quantitative estimate of drug-likeness (QED) is 0.791. The summed E-state index contributed by atoms with van der Waals surface area (Å²) in [6.45, 7) is -0.391. The number of likely N-dealkylation sites (N-methyl/N-ethyl adjacent to an activating group) is 1. The molecule has 3 amide bonds. The first-order valence-electron chi connectivity index (χ1n) is 7.69. The Balaban J connectivity index is 1.81. The van der Waals surface area contributed by atoms with E-state index in [1.807, 2.05) is 0 Å². The van der Waals surface area contributed by atoms with Gasteiger partial charge in [0.1, 0.15) is 0 Å². The molecule has 0 aliphatic carbocycles. The van der Waals surface area contributed by atoms with Crippen molar-refractivity contribution < 1.29 is 14.4 Å². The monoisotopic (exact) mass is 393 g/mol. The molecular weight excluding hydrogens is 377 g/mol. The van der Waals surface area contributed by atoms with Gasteiger partial charge in [-0.25, -0.2) is 0 Å². The van der Waals surface area contributed by atoms with Gasteiger partial charge in [0.15, 0.2) is 0 Å². The Morgan fingerprint density at radius 2 is 1.65 bits per heavy atom. The Labute approximate surface area is 161 Å². The summed E-state index contributed by atoms with van der Waals surface area (Å²) in [5, 5.41) is 6.00. The predicted molar refractivity (Wildman–Crippen MR) is 102 cm³/mol. The lowest BCUT2D eigenvalue weighted by atomic mass is 10.2. The molecule has 0 saturated heterocycles. The standard InChI is InChI=1S/C18H17Cl2N3O3/c1-23(11-16(24)22-13-8-6-12(19)7-9-13)17(25)10-21-18(26)14-4-2-3-5-15(14)20/h2-9H,10-11H2,1H3,(H,21,26)(H,22,24). The van der Waals surface area contributed by atoms with Crippen LogP contribution in [0.4, 0.5) is 5.69 Å². The molecule has 0 heterocycles. The molecule has 0 aromatic heterocycles. The molecule has 0 saturated carbocycles. The van der Waals surface area contributed by atoms with Gasteiger partial charge >= 0.3 is 0 Å². The molecule has 0 fully saturated rings. The number of hydrogen-bond donors (Lipinski definition) is 2. The van der Waals surface area contributed by atoms with Gasteiger partial charge < -0.3 is 15.5 Å². The van der Waals surface area contributed by atoms with Crippen molar-refractivity contribution in [3.63, 3.8) is 0 Å². The zero-order valence-electron chi connectivity index (χ0n) is 14.0. The maximum Gasteiger partial charge on any atom is 0.253 e. The number of carbonyl (C=O) groups is 3. The average molecular weight is 394 g/mol. The maximum atomic E-state index is 12.1. The van der Waals surface area contributed by atoms with E-state index in [1.54, 1.807) is 48.5 Å². The van der Waals surface area contributed by atoms with Gasteiger partial charge in [-0.3, -0.25) is 14.4 Å². The lowest BCUT2D eigenvalue weighted by Crippen LogP contribution is -2.41. The zero-order valence-corrected chi connectivity index (χ0v) is 15.5. The van der Waals surface area contributed by atoms with Crippen molar-refractivity contribution in [1.29, 1.82) is 0 Å². The SMILES string of the molecule is CN(CC(=O)Nc1ccc(Cl)cc1)C(=O)CNC(=O)c1ccccc1Cl. The van der Waals surface area contributed by atoms with Crippen molar-refractivity contribution in [3.8, 4) is 0 Å². The highest BCUT2D eigenvalue weighted by molar-refractivity contribution is 6.33. The fraction of sp³-hybridized carbons (Fsp3) is 0.167. The largest absolute Gasteiger partial charge is 0.343 e. The summed E-state index contributed by atoms with van der Waals surface area (Å²) in [7, 11) is 1.48. The van der Waals surface area contributed by atoms with Crippen LogP contribution in [0.1, 0.15) is 10.4 Å². The van der Waals surface area contributed by atoms with Gasteiger partial charge in [-0.15, -0.1) is 0 Å². The van der Waals surface area contributed by atoms with Crippen LogP contribution in [0, 0.1) is 0 Å². The minimum absolute atomic E-state index is 0.149. The molecule has 6 nitrogen and oxygen atoms in total. The molecule has 0 bridgehead atoms. The highest BCUT2D eigenvalue weighted by atomic mass is 35.5. The number of hydrogen-bond acceptors (Lipinski definition) is 3. The Kier molecular flexibility index (Phi) is 7.00. The van der Waals surface area contributed by atoms with E-state index >= 15 is 0 Å². The first-order chi connectivity index (χ1) is 12.4. The number of rotatable bonds is 6. The summed E-state index contributed by atoms with van der Waals surface area (Å²) >= 11 is 11.7. The molecule has 136 valence electrons. The molecule has 0 radical (unpaired) electrons. The number of benzene rings is 2. The van der Waals surface area contributed by atoms with Crippen LogP contribution in [0.3, 0.4) is 0 Å². The third-order valence-corrected chi connectivity index (χ3v) is 4.03. The highest BCUT2D eigenvalue weighted by Gasteiger charge is 2.15. The summed E-state index contributed by atoms with van der Waals surface area (Å²) in [5.41, 5.74) is 0.859. The van der Waals surface area contributed by atoms with E-state index in [0.29, 0.717) is 15.7 Å². The summed E-state index contributed by atoms with van der Waals surface area (Å²) in [5.74, 6) is -1.22. The van der Waals surface area contributed by atoms with E-state index in [2.05, 4.69) is 10.6 Å². The van der Waals surface area contributed by atoms with Crippen molar-refractivity contribution in [2.24, 2.45) is 0 Å². The number of nitrogens with zero attached hydrogens (tertiary/aromatic N) is 1. The lowest BCUT2D eigenvalue weighted by Gasteiger charge is -2.17. The molecule has 2 aromatic rings. The molecule has 0 aliphatic rings. The molecule has 2 N–H and O–H groups in total. The van der Waals surface area contributed by atoms with Crippen molar-refractivity contribution in [3.05, 3.63) is 64.1 Å². The van der Waals surface area contributed by atoms with Crippen LogP contribution in [0.5, 0.6) is 0 Å². The number of nitrogens with one attached hydrogen (secondary N) is 2. The molecule has 0 spiro atoms. The molecular formula is C18H17Cl2N3O3. The van der Waals surface area contributed by atoms with Gasteiger partial charge in [-0.2, -0.15) is 0 Å². The summed E-state index contributed by atoms with van der Waals surface area (Å²) in [6.07, 6.45) is 0. The van der Waals surface area contributed by atoms with Crippen LogP contribution in [-0.4, -0.2) is 42.8 Å². The normalized spacial score (nSPS) is 10.1. The van der Waals surface area contributed by atoms with Crippen molar-refractivity contribution in [2.75, 3.05) is 25.5 Å². The average Bonchev–Trinajstić information content (AvgIpc) is 2.61. The lowest BCUT2D eigenvalue weighted by molar-refractivity contribution is -0.132. The first-order valence-corrected chi connectivity index (χ1v) is 8.44. The molecule has 2 aromatic carbocycles. The van der Waals surface area contributed by atoms with Crippen LogP contribution in [-0.2, 0) is 9.59 Å². The van der Waals surface area contributed by atoms with Crippen molar-refractivity contribution >= 4 is 46.6 Å². The van der Waals surface area contributed by atoms with E-state index < -0.39 is 11.8 Å². The highest BCUT2D eigenvalue weighted by Crippen LogP contribution is 2.14. The van der Waals surface area contributed by atoms with E-state index in [9.17, 15) is 14.4 Å². The second-order valence-corrected chi connectivity index (χ2v) is 6.31. The first kappa shape index (κ1) is 19.8. The van der Waals surface area contributed by atoms with E-state index in [4.69, 9.17) is 23.2 Å². The van der Waals surface area contributed by atoms with Crippen LogP contribution < -0.4 is 10.6 Å². The second kappa shape index (κ2) is 9.22. The number of carbonyl (C=O) groups excluding carboxylic acids is 3. The summed E-state index contributed by atoms with van der Waals surface area (Å²) in [6, 6.07) is 13.1. The topological polar surface area (TPSA) is 78.5 Å². The van der Waals surface area contributed by atoms with Crippen molar-refractivity contribution in [2.45, 2.75) is 0 Å². The fourth-order valence-corrected chi connectivity index (χ4v) is 2.42. The van der Waals surface area contributed by atoms with Gasteiger partial charge in [-0.1, -0.05) is 35.3 Å². The minimum Gasteiger partial charge on any atom is -0.343 e. The zero-order chi connectivity index (χ0) is 19.1. The Hall–Kier alpha value is -2.57. The second-order valence-electron chi connectivity index (χ2n) is 5.47. The van der Waals surface area contributed by atoms with E-state index in [0.717, 1.165) is 0 Å². The van der Waals surface area contributed by atoms with Gasteiger partial charge in [0.25, 0.3) is 5.91 Å². The van der Waals surface area contributed by atoms with Crippen LogP contribution in [0.2, 0.25) is 10.0 Å². The fourth-order valence-electron chi connectivity index (χ4n) is 2.07. The third kappa shape index (κ3) is 5.75. The molecule has 0 atom stereocenters. The Morgan fingerprint density at radius 3 is 2.31 bits per heavy atom. The number of amides is 3. The predicted octanol–water partition coefficient (Wildman–Crippen LogP) is 2.82. The molecule has 0 aliphatic heterocycles. The van der Waals surface area contributed by atoms with Crippen molar-refractivity contribution in [1.82, 2.24) is 10.2 Å². The van der Waals surface area contributed by atoms with E-state index in [-0.39, 0.29) is 24.6 Å². The molecule has 26 heavy (non-hydrogen) atoms. The summed E-state index contributed by atoms with van der Waals surface area (Å²) < 4.78 is 0. The number of anilines is 1. The Morgan fingerprint density at radius 1 is 1.00 bits per heavy atom. The number of halogens is 2. The van der Waals surface area contributed by atoms with Gasteiger partial charge in [0.2, 0.25) is 11.8 Å². The smallest absolute Gasteiger partial charge is 0.253 e.